The zero-order valence-electron chi connectivity index (χ0n) is 50.5. The van der Waals surface area contributed by atoms with Crippen LogP contribution in [-0.4, -0.2) is 37.2 Å². The first-order chi connectivity index (χ1) is 37.5. The lowest BCUT2D eigenvalue weighted by atomic mass is 10.0. The molecule has 0 saturated carbocycles. The topological polar surface area (TPSA) is 78.9 Å². The van der Waals surface area contributed by atoms with Crippen molar-refractivity contribution in [3.63, 3.8) is 0 Å². The second-order valence-corrected chi connectivity index (χ2v) is 22.0. The van der Waals surface area contributed by atoms with Gasteiger partial charge in [-0.2, -0.15) is 0 Å². The van der Waals surface area contributed by atoms with Crippen LogP contribution in [0.4, 0.5) is 0 Å². The Kier molecular flexibility index (Phi) is 61.7. The minimum atomic E-state index is -0.777. The van der Waals surface area contributed by atoms with Gasteiger partial charge in [0, 0.05) is 19.3 Å². The summed E-state index contributed by atoms with van der Waals surface area (Å²) in [5, 5.41) is 0. The molecule has 0 spiro atoms. The van der Waals surface area contributed by atoms with Gasteiger partial charge in [-0.3, -0.25) is 14.4 Å². The Balaban J connectivity index is 4.20. The van der Waals surface area contributed by atoms with Gasteiger partial charge in [0.05, 0.1) is 0 Å². The molecule has 1 unspecified atom stereocenters. The van der Waals surface area contributed by atoms with Gasteiger partial charge in [0.2, 0.25) is 0 Å². The molecule has 0 aromatic rings. The van der Waals surface area contributed by atoms with Crippen molar-refractivity contribution in [3.05, 3.63) is 72.9 Å². The minimum absolute atomic E-state index is 0.0738. The quantitative estimate of drug-likeness (QED) is 0.0261. The highest BCUT2D eigenvalue weighted by molar-refractivity contribution is 5.71. The van der Waals surface area contributed by atoms with Gasteiger partial charge in [0.15, 0.2) is 6.10 Å². The highest BCUT2D eigenvalue weighted by atomic mass is 16.6. The standard InChI is InChI=1S/C70H124O6/c1-4-7-10-13-16-19-22-25-27-29-30-31-32-33-34-35-36-37-38-39-40-42-43-45-48-51-54-57-60-63-69(72)75-66-67(65-74-68(71)62-59-56-53-50-47-24-21-18-15-12-9-6-3)76-70(73)64-61-58-55-52-49-46-44-41-28-26-23-20-17-14-11-8-5-2/h7,10,16-17,19-20,25-28,30-31,67H,4-6,8-9,11-15,18,21-24,29,32-66H2,1-3H3/b10-7-,19-16-,20-17-,27-25-,28-26-,31-30-. The minimum Gasteiger partial charge on any atom is -0.462 e. The molecule has 0 saturated heterocycles. The summed E-state index contributed by atoms with van der Waals surface area (Å²) in [7, 11) is 0. The van der Waals surface area contributed by atoms with Crippen LogP contribution >= 0.6 is 0 Å². The Hall–Kier alpha value is -3.15. The van der Waals surface area contributed by atoms with E-state index in [1.54, 1.807) is 0 Å². The molecule has 0 aliphatic heterocycles. The molecule has 440 valence electrons. The molecule has 0 bridgehead atoms. The molecule has 76 heavy (non-hydrogen) atoms. The van der Waals surface area contributed by atoms with E-state index in [4.69, 9.17) is 14.2 Å². The monoisotopic (exact) mass is 1060 g/mol. The summed E-state index contributed by atoms with van der Waals surface area (Å²) in [5.41, 5.74) is 0. The number of rotatable bonds is 60. The van der Waals surface area contributed by atoms with Gasteiger partial charge in [-0.25, -0.2) is 0 Å². The number of unbranched alkanes of at least 4 members (excludes halogenated alkanes) is 37. The van der Waals surface area contributed by atoms with Crippen LogP contribution in [0.5, 0.6) is 0 Å². The Morgan fingerprint density at radius 2 is 0.513 bits per heavy atom. The summed E-state index contributed by atoms with van der Waals surface area (Å²) >= 11 is 0. The number of carbonyl (C=O) groups is 3. The molecule has 0 aromatic carbocycles. The third-order valence-corrected chi connectivity index (χ3v) is 14.4. The fourth-order valence-corrected chi connectivity index (χ4v) is 9.53. The zero-order chi connectivity index (χ0) is 55.0. The van der Waals surface area contributed by atoms with Crippen LogP contribution in [0.25, 0.3) is 0 Å². The first kappa shape index (κ1) is 72.8. The highest BCUT2D eigenvalue weighted by Gasteiger charge is 2.19. The molecule has 0 N–H and O–H groups in total. The van der Waals surface area contributed by atoms with Crippen molar-refractivity contribution < 1.29 is 28.6 Å². The van der Waals surface area contributed by atoms with Crippen molar-refractivity contribution in [2.75, 3.05) is 13.2 Å². The Morgan fingerprint density at radius 3 is 0.829 bits per heavy atom. The molecule has 0 radical (unpaired) electrons. The summed E-state index contributed by atoms with van der Waals surface area (Å²) in [6.45, 7) is 6.53. The van der Waals surface area contributed by atoms with E-state index >= 15 is 0 Å². The Bertz CT molecular complexity index is 1400. The molecule has 0 aliphatic rings. The molecular weight excluding hydrogens is 937 g/mol. The summed E-state index contributed by atoms with van der Waals surface area (Å²) in [4.78, 5) is 38.3. The third kappa shape index (κ3) is 61.7. The Labute approximate surface area is 472 Å². The highest BCUT2D eigenvalue weighted by Crippen LogP contribution is 2.17. The van der Waals surface area contributed by atoms with E-state index in [-0.39, 0.29) is 31.1 Å². The normalized spacial score (nSPS) is 12.5. The van der Waals surface area contributed by atoms with Gasteiger partial charge in [-0.1, -0.05) is 299 Å². The number of hydrogen-bond acceptors (Lipinski definition) is 6. The third-order valence-electron chi connectivity index (χ3n) is 14.4. The predicted octanol–water partition coefficient (Wildman–Crippen LogP) is 22.5. The van der Waals surface area contributed by atoms with Crippen molar-refractivity contribution in [1.29, 1.82) is 0 Å². The summed E-state index contributed by atoms with van der Waals surface area (Å²) in [6.07, 6.45) is 83.5. The molecule has 0 amide bonds. The van der Waals surface area contributed by atoms with Crippen LogP contribution in [-0.2, 0) is 28.6 Å². The number of ether oxygens (including phenoxy) is 3. The molecule has 0 rings (SSSR count). The van der Waals surface area contributed by atoms with Gasteiger partial charge in [0.1, 0.15) is 13.2 Å². The molecule has 0 aromatic heterocycles. The van der Waals surface area contributed by atoms with Gasteiger partial charge in [-0.05, 0) is 89.9 Å². The first-order valence-corrected chi connectivity index (χ1v) is 32.9. The lowest BCUT2D eigenvalue weighted by Gasteiger charge is -2.18. The van der Waals surface area contributed by atoms with E-state index in [9.17, 15) is 14.4 Å². The number of carbonyl (C=O) groups excluding carboxylic acids is 3. The van der Waals surface area contributed by atoms with Crippen LogP contribution in [0.3, 0.4) is 0 Å². The van der Waals surface area contributed by atoms with Crippen LogP contribution in [0, 0.1) is 0 Å². The number of esters is 3. The number of hydrogen-bond donors (Lipinski definition) is 0. The van der Waals surface area contributed by atoms with Gasteiger partial charge in [-0.15, -0.1) is 0 Å². The zero-order valence-corrected chi connectivity index (χ0v) is 50.5. The van der Waals surface area contributed by atoms with E-state index in [2.05, 4.69) is 93.7 Å². The van der Waals surface area contributed by atoms with Crippen molar-refractivity contribution in [1.82, 2.24) is 0 Å². The second kappa shape index (κ2) is 64.4. The average molecular weight is 1060 g/mol. The van der Waals surface area contributed by atoms with E-state index in [1.807, 2.05) is 0 Å². The maximum absolute atomic E-state index is 12.9. The van der Waals surface area contributed by atoms with Gasteiger partial charge in [0.25, 0.3) is 0 Å². The van der Waals surface area contributed by atoms with Crippen LogP contribution in [0.1, 0.15) is 335 Å². The van der Waals surface area contributed by atoms with E-state index in [1.165, 1.54) is 199 Å². The number of allylic oxidation sites excluding steroid dienone is 12. The van der Waals surface area contributed by atoms with E-state index in [0.717, 1.165) is 96.3 Å². The predicted molar refractivity (Wildman–Crippen MR) is 330 cm³/mol. The van der Waals surface area contributed by atoms with Gasteiger partial charge >= 0.3 is 17.9 Å². The fourth-order valence-electron chi connectivity index (χ4n) is 9.53. The Morgan fingerprint density at radius 1 is 0.276 bits per heavy atom. The second-order valence-electron chi connectivity index (χ2n) is 22.0. The first-order valence-electron chi connectivity index (χ1n) is 32.9. The molecule has 1 atom stereocenters. The maximum Gasteiger partial charge on any atom is 0.306 e. The van der Waals surface area contributed by atoms with Crippen molar-refractivity contribution in [2.24, 2.45) is 0 Å². The molecule has 0 fully saturated rings. The van der Waals surface area contributed by atoms with E-state index in [0.29, 0.717) is 19.3 Å². The molecule has 0 aliphatic carbocycles. The lowest BCUT2D eigenvalue weighted by molar-refractivity contribution is -0.167. The smallest absolute Gasteiger partial charge is 0.306 e. The SMILES string of the molecule is CC/C=C\C/C=C\C/C=C\C/C=C\CCCCCCCCCCCCCCCCCCC(=O)OCC(COC(=O)CCCCCCCCCCCCCC)OC(=O)CCCCCCCCC/C=C\C/C=C\CCCCC. The molecule has 6 nitrogen and oxygen atoms in total. The van der Waals surface area contributed by atoms with Crippen LogP contribution < -0.4 is 0 Å². The molecular formula is C70H124O6. The lowest BCUT2D eigenvalue weighted by Crippen LogP contribution is -2.30. The summed E-state index contributed by atoms with van der Waals surface area (Å²) < 4.78 is 16.9. The maximum atomic E-state index is 12.9. The summed E-state index contributed by atoms with van der Waals surface area (Å²) in [5.74, 6) is -0.864. The fraction of sp³-hybridized carbons (Fsp3) is 0.786. The molecule has 6 heteroatoms. The van der Waals surface area contributed by atoms with Crippen molar-refractivity contribution in [3.8, 4) is 0 Å². The summed E-state index contributed by atoms with van der Waals surface area (Å²) in [6, 6.07) is 0. The van der Waals surface area contributed by atoms with Crippen molar-refractivity contribution in [2.45, 2.75) is 341 Å². The average Bonchev–Trinajstić information content (AvgIpc) is 3.42. The van der Waals surface area contributed by atoms with Crippen molar-refractivity contribution >= 4 is 17.9 Å². The van der Waals surface area contributed by atoms with Crippen LogP contribution in [0.2, 0.25) is 0 Å². The van der Waals surface area contributed by atoms with Gasteiger partial charge < -0.3 is 14.2 Å². The largest absolute Gasteiger partial charge is 0.462 e. The van der Waals surface area contributed by atoms with E-state index < -0.39 is 6.10 Å². The van der Waals surface area contributed by atoms with Crippen LogP contribution in [0.15, 0.2) is 72.9 Å². The molecule has 0 heterocycles.